The summed E-state index contributed by atoms with van der Waals surface area (Å²) in [4.78, 5) is 16.3. The molecule has 0 unspecified atom stereocenters. The van der Waals surface area contributed by atoms with Crippen LogP contribution in [0.4, 0.5) is 0 Å². The van der Waals surface area contributed by atoms with Crippen LogP contribution in [0, 0.1) is 0 Å². The van der Waals surface area contributed by atoms with Crippen LogP contribution in [0.25, 0.3) is 0 Å². The van der Waals surface area contributed by atoms with E-state index in [0.29, 0.717) is 23.6 Å². The smallest absolute Gasteiger partial charge is 0.263 e. The van der Waals surface area contributed by atoms with Crippen LogP contribution in [0.3, 0.4) is 0 Å². The summed E-state index contributed by atoms with van der Waals surface area (Å²) >= 11 is 5.92. The van der Waals surface area contributed by atoms with Gasteiger partial charge in [-0.2, -0.15) is 0 Å². The molecule has 0 aromatic heterocycles. The van der Waals surface area contributed by atoms with Crippen molar-refractivity contribution in [2.75, 3.05) is 13.1 Å². The molecule has 2 aromatic rings. The molecule has 0 radical (unpaired) electrons. The van der Waals surface area contributed by atoms with Crippen LogP contribution >= 0.6 is 11.6 Å². The summed E-state index contributed by atoms with van der Waals surface area (Å²) < 4.78 is 26.4. The summed E-state index contributed by atoms with van der Waals surface area (Å²) in [7, 11) is -3.55. The van der Waals surface area contributed by atoms with E-state index >= 15 is 0 Å². The Hall–Kier alpha value is -2.38. The van der Waals surface area contributed by atoms with Gasteiger partial charge in [0, 0.05) is 23.6 Å². The number of nitrogens with one attached hydrogen (secondary N) is 2. The third kappa shape index (κ3) is 4.42. The van der Waals surface area contributed by atoms with E-state index in [9.17, 15) is 13.2 Å². The number of amidine groups is 1. The van der Waals surface area contributed by atoms with E-state index in [1.54, 1.807) is 24.3 Å². The van der Waals surface area contributed by atoms with E-state index in [1.807, 2.05) is 18.2 Å². The first-order chi connectivity index (χ1) is 12.5. The lowest BCUT2D eigenvalue weighted by Crippen LogP contribution is -2.27. The van der Waals surface area contributed by atoms with Gasteiger partial charge in [0.1, 0.15) is 5.84 Å². The number of fused-ring (bicyclic) bond motifs is 1. The molecule has 0 saturated heterocycles. The highest BCUT2D eigenvalue weighted by Gasteiger charge is 2.29. The number of carbonyl (C=O) groups is 1. The first-order valence-corrected chi connectivity index (χ1v) is 10.00. The molecule has 0 bridgehead atoms. The van der Waals surface area contributed by atoms with Gasteiger partial charge in [-0.3, -0.25) is 14.5 Å². The molecule has 0 atom stereocenters. The number of hydrogen-bond donors (Lipinski definition) is 2. The van der Waals surface area contributed by atoms with Gasteiger partial charge in [-0.1, -0.05) is 35.9 Å². The van der Waals surface area contributed by atoms with Crippen molar-refractivity contribution < 1.29 is 13.2 Å². The van der Waals surface area contributed by atoms with E-state index in [0.717, 1.165) is 5.56 Å². The zero-order valence-corrected chi connectivity index (χ0v) is 15.5. The largest absolute Gasteiger partial charge is 0.356 e. The Labute approximate surface area is 157 Å². The van der Waals surface area contributed by atoms with E-state index < -0.39 is 10.0 Å². The van der Waals surface area contributed by atoms with Crippen LogP contribution in [0.15, 0.2) is 58.4 Å². The molecule has 1 amide bonds. The molecule has 0 saturated carbocycles. The van der Waals surface area contributed by atoms with Gasteiger partial charge in [0.25, 0.3) is 10.0 Å². The minimum Gasteiger partial charge on any atom is -0.356 e. The number of aliphatic imine (C=N–C) groups is 1. The van der Waals surface area contributed by atoms with Crippen molar-refractivity contribution in [1.29, 1.82) is 0 Å². The summed E-state index contributed by atoms with van der Waals surface area (Å²) in [6.45, 7) is 0.709. The van der Waals surface area contributed by atoms with Gasteiger partial charge in [-0.25, -0.2) is 8.42 Å². The highest BCUT2D eigenvalue weighted by molar-refractivity contribution is 7.90. The molecule has 1 heterocycles. The van der Waals surface area contributed by atoms with Crippen molar-refractivity contribution in [2.24, 2.45) is 4.99 Å². The minimum absolute atomic E-state index is 0.134. The molecule has 2 N–H and O–H groups in total. The maximum absolute atomic E-state index is 12.0. The molecule has 1 aliphatic heterocycles. The van der Waals surface area contributed by atoms with Crippen LogP contribution in [0.5, 0.6) is 0 Å². The van der Waals surface area contributed by atoms with Crippen molar-refractivity contribution >= 4 is 33.4 Å². The third-order valence-electron chi connectivity index (χ3n) is 3.90. The molecule has 26 heavy (non-hydrogen) atoms. The summed E-state index contributed by atoms with van der Waals surface area (Å²) in [5.74, 6) is 0.151. The molecule has 2 aromatic carbocycles. The number of amides is 1. The van der Waals surface area contributed by atoms with Crippen molar-refractivity contribution in [3.63, 3.8) is 0 Å². The van der Waals surface area contributed by atoms with Gasteiger partial charge < -0.3 is 5.32 Å². The SMILES string of the molecule is O=C(CCN=C1NS(=O)(=O)c2ccccc21)NCCc1cccc(Cl)c1. The number of sulfonamides is 1. The Morgan fingerprint density at radius 2 is 1.96 bits per heavy atom. The highest BCUT2D eigenvalue weighted by atomic mass is 35.5. The summed E-state index contributed by atoms with van der Waals surface area (Å²) in [6, 6.07) is 14.1. The Bertz CT molecular complexity index is 958. The molecule has 136 valence electrons. The zero-order chi connectivity index (χ0) is 18.6. The van der Waals surface area contributed by atoms with E-state index in [-0.39, 0.29) is 29.6 Å². The molecule has 6 nitrogen and oxygen atoms in total. The fourth-order valence-corrected chi connectivity index (χ4v) is 4.11. The van der Waals surface area contributed by atoms with E-state index in [2.05, 4.69) is 15.0 Å². The second-order valence-corrected chi connectivity index (χ2v) is 7.90. The van der Waals surface area contributed by atoms with E-state index in [4.69, 9.17) is 11.6 Å². The lowest BCUT2D eigenvalue weighted by Gasteiger charge is -2.05. The standard InChI is InChI=1S/C18H18ClN3O3S/c19-14-5-3-4-13(12-14)8-10-20-17(23)9-11-21-18-15-6-1-2-7-16(15)26(24,25)22-18/h1-7,12H,8-11H2,(H,20,23)(H,21,22). The van der Waals surface area contributed by atoms with Crippen molar-refractivity contribution in [2.45, 2.75) is 17.7 Å². The molecule has 0 spiro atoms. The Morgan fingerprint density at radius 1 is 1.15 bits per heavy atom. The minimum atomic E-state index is -3.55. The molecule has 0 aliphatic carbocycles. The molecule has 8 heteroatoms. The quantitative estimate of drug-likeness (QED) is 0.790. The normalized spacial score (nSPS) is 16.1. The molecular weight excluding hydrogens is 374 g/mol. The first kappa shape index (κ1) is 18.4. The lowest BCUT2D eigenvalue weighted by atomic mass is 10.1. The van der Waals surface area contributed by atoms with Gasteiger partial charge >= 0.3 is 0 Å². The van der Waals surface area contributed by atoms with Crippen LogP contribution in [-0.4, -0.2) is 33.3 Å². The summed E-state index contributed by atoms with van der Waals surface area (Å²) in [5.41, 5.74) is 1.59. The second-order valence-electron chi connectivity index (χ2n) is 5.81. The van der Waals surface area contributed by atoms with Gasteiger partial charge in [0.2, 0.25) is 5.91 Å². The number of hydrogen-bond acceptors (Lipinski definition) is 4. The Balaban J connectivity index is 1.49. The van der Waals surface area contributed by atoms with Gasteiger partial charge in [-0.05, 0) is 36.2 Å². The molecule has 1 aliphatic rings. The van der Waals surface area contributed by atoms with E-state index in [1.165, 1.54) is 6.07 Å². The van der Waals surface area contributed by atoms with Crippen LogP contribution in [-0.2, 0) is 21.2 Å². The molecule has 3 rings (SSSR count). The number of rotatable bonds is 6. The average Bonchev–Trinajstić information content (AvgIpc) is 2.86. The second kappa shape index (κ2) is 7.88. The number of halogens is 1. The number of carbonyl (C=O) groups excluding carboxylic acids is 1. The summed E-state index contributed by atoms with van der Waals surface area (Å²) in [6.07, 6.45) is 0.872. The monoisotopic (exact) mass is 391 g/mol. The number of benzene rings is 2. The average molecular weight is 392 g/mol. The van der Waals surface area contributed by atoms with Crippen molar-refractivity contribution in [1.82, 2.24) is 10.0 Å². The molecular formula is C18H18ClN3O3S. The predicted molar refractivity (Wildman–Crippen MR) is 101 cm³/mol. The number of nitrogens with zero attached hydrogens (tertiary/aromatic N) is 1. The fraction of sp³-hybridized carbons (Fsp3) is 0.222. The Kier molecular flexibility index (Phi) is 5.58. The van der Waals surface area contributed by atoms with Gasteiger partial charge in [0.15, 0.2) is 0 Å². The zero-order valence-electron chi connectivity index (χ0n) is 13.9. The topological polar surface area (TPSA) is 87.6 Å². The maximum atomic E-state index is 12.0. The lowest BCUT2D eigenvalue weighted by molar-refractivity contribution is -0.120. The third-order valence-corrected chi connectivity index (χ3v) is 5.53. The maximum Gasteiger partial charge on any atom is 0.263 e. The Morgan fingerprint density at radius 3 is 2.77 bits per heavy atom. The van der Waals surface area contributed by atoms with Gasteiger partial charge in [-0.15, -0.1) is 0 Å². The van der Waals surface area contributed by atoms with Crippen LogP contribution in [0.1, 0.15) is 17.5 Å². The summed E-state index contributed by atoms with van der Waals surface area (Å²) in [5, 5.41) is 3.49. The molecule has 0 fully saturated rings. The fourth-order valence-electron chi connectivity index (χ4n) is 2.65. The highest BCUT2D eigenvalue weighted by Crippen LogP contribution is 2.22. The predicted octanol–water partition coefficient (Wildman–Crippen LogP) is 2.13. The first-order valence-electron chi connectivity index (χ1n) is 8.13. The van der Waals surface area contributed by atoms with Crippen LogP contribution in [0.2, 0.25) is 5.02 Å². The van der Waals surface area contributed by atoms with Gasteiger partial charge in [0.05, 0.1) is 11.4 Å². The van der Waals surface area contributed by atoms with Crippen LogP contribution < -0.4 is 10.0 Å². The van der Waals surface area contributed by atoms with Crippen molar-refractivity contribution in [3.05, 3.63) is 64.7 Å². The van der Waals surface area contributed by atoms with Crippen molar-refractivity contribution in [3.8, 4) is 0 Å².